The summed E-state index contributed by atoms with van der Waals surface area (Å²) in [5.74, 6) is -10.2. The number of amides is 1. The van der Waals surface area contributed by atoms with Crippen LogP contribution in [0.5, 0.6) is 5.75 Å². The molecule has 3 aliphatic carbocycles. The molecule has 1 amide bonds. The molecule has 12 heteroatoms. The third-order valence-corrected chi connectivity index (χ3v) is 8.11. The summed E-state index contributed by atoms with van der Waals surface area (Å²) >= 11 is 0. The highest BCUT2D eigenvalue weighted by molar-refractivity contribution is 6.24. The van der Waals surface area contributed by atoms with Gasteiger partial charge in [-0.3, -0.25) is 19.3 Å². The molecule has 0 spiro atoms. The van der Waals surface area contributed by atoms with Crippen LogP contribution < -0.4 is 5.73 Å². The van der Waals surface area contributed by atoms with Crippen LogP contribution in [0.3, 0.4) is 0 Å². The number of ketones is 2. The summed E-state index contributed by atoms with van der Waals surface area (Å²) < 4.78 is 0. The van der Waals surface area contributed by atoms with E-state index < -0.39 is 81.4 Å². The van der Waals surface area contributed by atoms with Crippen LogP contribution in [-0.2, 0) is 20.8 Å². The number of likely N-dealkylation sites (N-methyl/N-ethyl adjacent to an activating group) is 1. The number of nitrogens with two attached hydrogens (primary N) is 1. The van der Waals surface area contributed by atoms with Crippen molar-refractivity contribution in [2.24, 2.45) is 17.6 Å². The van der Waals surface area contributed by atoms with Gasteiger partial charge in [-0.2, -0.15) is 0 Å². The molecule has 0 unspecified atom stereocenters. The molecule has 2 aromatic rings. The summed E-state index contributed by atoms with van der Waals surface area (Å²) in [6.07, 6.45) is -1.89. The molecule has 5 rings (SSSR count). The number of rotatable bonds is 4. The Labute approximate surface area is 226 Å². The Balaban J connectivity index is 1.77. The summed E-state index contributed by atoms with van der Waals surface area (Å²) in [4.78, 5) is 52.1. The van der Waals surface area contributed by atoms with Crippen molar-refractivity contribution in [2.75, 3.05) is 14.1 Å². The van der Waals surface area contributed by atoms with E-state index in [9.17, 15) is 49.8 Å². The molecule has 1 fully saturated rings. The maximum absolute atomic E-state index is 13.9. The van der Waals surface area contributed by atoms with Crippen LogP contribution >= 0.6 is 0 Å². The van der Waals surface area contributed by atoms with Crippen LogP contribution in [0.1, 0.15) is 21.5 Å². The lowest BCUT2D eigenvalue weighted by molar-refractivity contribution is -0.168. The highest BCUT2D eigenvalue weighted by Crippen LogP contribution is 2.53. The van der Waals surface area contributed by atoms with Crippen molar-refractivity contribution in [3.63, 3.8) is 0 Å². The van der Waals surface area contributed by atoms with Gasteiger partial charge in [0.25, 0.3) is 5.91 Å². The molecule has 3 aliphatic rings. The number of benzene rings is 2. The van der Waals surface area contributed by atoms with E-state index >= 15 is 0 Å². The smallest absolute Gasteiger partial charge is 0.335 e. The van der Waals surface area contributed by atoms with E-state index in [2.05, 4.69) is 0 Å². The fourth-order valence-corrected chi connectivity index (χ4v) is 6.35. The van der Waals surface area contributed by atoms with Gasteiger partial charge in [-0.25, -0.2) is 4.79 Å². The number of carboxylic acid groups (broad SMARTS) is 1. The molecule has 208 valence electrons. The molecule has 5 atom stereocenters. The number of nitrogens with zero attached hydrogens (tertiary/aromatic N) is 1. The number of phenolic OH excluding ortho intramolecular Hbond substituents is 1. The van der Waals surface area contributed by atoms with Gasteiger partial charge in [0, 0.05) is 11.5 Å². The monoisotopic (exact) mass is 550 g/mol. The molecule has 0 heterocycles. The second kappa shape index (κ2) is 9.01. The number of hydrogen-bond acceptors (Lipinski definition) is 10. The van der Waals surface area contributed by atoms with E-state index in [1.54, 1.807) is 6.07 Å². The quantitative estimate of drug-likeness (QED) is 0.257. The first-order valence-corrected chi connectivity index (χ1v) is 12.2. The largest absolute Gasteiger partial charge is 0.508 e. The van der Waals surface area contributed by atoms with Gasteiger partial charge in [0.2, 0.25) is 5.78 Å². The number of carboxylic acids is 1. The van der Waals surface area contributed by atoms with Crippen molar-refractivity contribution in [2.45, 2.75) is 24.2 Å². The van der Waals surface area contributed by atoms with Crippen LogP contribution in [0.2, 0.25) is 0 Å². The summed E-state index contributed by atoms with van der Waals surface area (Å²) in [5, 5.41) is 65.7. The van der Waals surface area contributed by atoms with Crippen molar-refractivity contribution in [3.8, 4) is 16.9 Å². The number of Topliss-reactive ketones (excluding diaryl/α,β-unsaturated/α-hetero) is 2. The third-order valence-electron chi connectivity index (χ3n) is 8.11. The van der Waals surface area contributed by atoms with Crippen LogP contribution in [-0.4, -0.2) is 90.8 Å². The zero-order chi connectivity index (χ0) is 29.4. The number of carbonyl (C=O) groups excluding carboxylic acids is 3. The molecule has 2 aromatic carbocycles. The van der Waals surface area contributed by atoms with E-state index in [0.29, 0.717) is 11.1 Å². The number of hydrogen-bond donors (Lipinski definition) is 7. The molecular weight excluding hydrogens is 524 g/mol. The van der Waals surface area contributed by atoms with Gasteiger partial charge in [-0.15, -0.1) is 0 Å². The summed E-state index contributed by atoms with van der Waals surface area (Å²) in [5.41, 5.74) is 1.73. The minimum atomic E-state index is -2.99. The Morgan fingerprint density at radius 1 is 1.07 bits per heavy atom. The lowest BCUT2D eigenvalue weighted by Crippen LogP contribution is -2.70. The molecule has 0 aromatic heterocycles. The number of aromatic carboxylic acids is 1. The fourth-order valence-electron chi connectivity index (χ4n) is 6.35. The second-order valence-electron chi connectivity index (χ2n) is 10.4. The second-order valence-corrected chi connectivity index (χ2v) is 10.4. The van der Waals surface area contributed by atoms with Gasteiger partial charge in [-0.05, 0) is 55.4 Å². The van der Waals surface area contributed by atoms with Gasteiger partial charge in [0.05, 0.1) is 29.2 Å². The van der Waals surface area contributed by atoms with Gasteiger partial charge < -0.3 is 36.4 Å². The number of carbonyl (C=O) groups is 4. The predicted molar refractivity (Wildman–Crippen MR) is 138 cm³/mol. The van der Waals surface area contributed by atoms with Gasteiger partial charge in [-0.1, -0.05) is 18.2 Å². The number of aliphatic hydroxyl groups is 4. The minimum absolute atomic E-state index is 0.0180. The van der Waals surface area contributed by atoms with Crippen molar-refractivity contribution in [3.05, 3.63) is 70.0 Å². The highest BCUT2D eigenvalue weighted by Gasteiger charge is 2.67. The van der Waals surface area contributed by atoms with E-state index in [-0.39, 0.29) is 23.1 Å². The Kier molecular flexibility index (Phi) is 6.10. The molecule has 0 saturated heterocycles. The topological polar surface area (TPSA) is 219 Å². The van der Waals surface area contributed by atoms with Crippen LogP contribution in [0.25, 0.3) is 16.9 Å². The van der Waals surface area contributed by atoms with E-state index in [0.717, 1.165) is 0 Å². The molecule has 1 saturated carbocycles. The molecular formula is C28H26N2O10. The van der Waals surface area contributed by atoms with Crippen molar-refractivity contribution >= 4 is 29.2 Å². The SMILES string of the molecule is CN(C)[C@@H]1C(=O)C(C(N)=O)=C(O)[C@@]2(O)C(=O)C3=C(O)c4c(O)ccc(-c5cccc(C(=O)O)c5)c4C[C@H]3[C@H](O)[C@@H]12. The summed E-state index contributed by atoms with van der Waals surface area (Å²) in [6.45, 7) is 0. The third kappa shape index (κ3) is 3.50. The molecule has 12 nitrogen and oxygen atoms in total. The Bertz CT molecular complexity index is 1590. The van der Waals surface area contributed by atoms with Gasteiger partial charge >= 0.3 is 5.97 Å². The Morgan fingerprint density at radius 3 is 2.35 bits per heavy atom. The highest BCUT2D eigenvalue weighted by atomic mass is 16.4. The lowest BCUT2D eigenvalue weighted by Gasteiger charge is -2.52. The number of primary amides is 1. The van der Waals surface area contributed by atoms with Crippen LogP contribution in [0.4, 0.5) is 0 Å². The molecule has 40 heavy (non-hydrogen) atoms. The first-order chi connectivity index (χ1) is 18.7. The Hall–Kier alpha value is -4.52. The molecule has 0 radical (unpaired) electrons. The number of phenols is 1. The first kappa shape index (κ1) is 27.1. The number of aliphatic hydroxyl groups excluding tert-OH is 3. The van der Waals surface area contributed by atoms with Crippen molar-refractivity contribution in [1.82, 2.24) is 4.90 Å². The van der Waals surface area contributed by atoms with Crippen LogP contribution in [0, 0.1) is 11.8 Å². The normalized spacial score (nSPS) is 27.8. The van der Waals surface area contributed by atoms with E-state index in [1.165, 1.54) is 49.3 Å². The standard InChI is InChI=1S/C28H26N2O10/c1-30(2)20-19-21(32)14-9-13-12(10-4-3-5-11(8-10)27(38)39)6-7-15(31)16(13)22(33)17(14)24(35)28(19,40)25(36)18(23(20)34)26(29)37/h3-8,14,19-21,31-33,36,40H,9H2,1-2H3,(H2,29,37)(H,38,39)/t14-,19-,20+,21+,28+/m1/s1. The predicted octanol–water partition coefficient (Wildman–Crippen LogP) is 0.300. The average molecular weight is 551 g/mol. The molecule has 8 N–H and O–H groups in total. The Morgan fingerprint density at radius 2 is 1.75 bits per heavy atom. The van der Waals surface area contributed by atoms with E-state index in [4.69, 9.17) is 5.73 Å². The number of fused-ring (bicyclic) bond motifs is 3. The summed E-state index contributed by atoms with van der Waals surface area (Å²) in [6, 6.07) is 7.20. The van der Waals surface area contributed by atoms with Crippen molar-refractivity contribution < 1.29 is 49.8 Å². The number of aromatic hydroxyl groups is 1. The van der Waals surface area contributed by atoms with Crippen LogP contribution in [0.15, 0.2) is 53.3 Å². The molecule has 0 aliphatic heterocycles. The van der Waals surface area contributed by atoms with Gasteiger partial charge in [0.1, 0.15) is 22.8 Å². The average Bonchev–Trinajstić information content (AvgIpc) is 2.88. The summed E-state index contributed by atoms with van der Waals surface area (Å²) in [7, 11) is 2.84. The maximum Gasteiger partial charge on any atom is 0.335 e. The fraction of sp³-hybridized carbons (Fsp3) is 0.286. The molecule has 0 bridgehead atoms. The zero-order valence-corrected chi connectivity index (χ0v) is 21.3. The maximum atomic E-state index is 13.9. The van der Waals surface area contributed by atoms with Gasteiger partial charge in [0.15, 0.2) is 11.4 Å². The minimum Gasteiger partial charge on any atom is -0.508 e. The lowest BCUT2D eigenvalue weighted by atomic mass is 9.56. The van der Waals surface area contributed by atoms with E-state index in [1.807, 2.05) is 0 Å². The zero-order valence-electron chi connectivity index (χ0n) is 21.3. The van der Waals surface area contributed by atoms with Crippen molar-refractivity contribution in [1.29, 1.82) is 0 Å². The first-order valence-electron chi connectivity index (χ1n) is 12.2.